The minimum Gasteiger partial charge on any atom is -0.348 e. The van der Waals surface area contributed by atoms with Crippen LogP contribution in [0.15, 0.2) is 64.8 Å². The summed E-state index contributed by atoms with van der Waals surface area (Å²) in [7, 11) is 0. The average Bonchev–Trinajstić information content (AvgIpc) is 3.04. The molecule has 4 rings (SSSR count). The molecule has 0 N–H and O–H groups in total. The number of piperazine rings is 1. The second kappa shape index (κ2) is 7.85. The quantitative estimate of drug-likeness (QED) is 0.784. The van der Waals surface area contributed by atoms with Gasteiger partial charge in [-0.25, -0.2) is 0 Å². The molecule has 2 aliphatic rings. The molecule has 3 heterocycles. The van der Waals surface area contributed by atoms with Crippen molar-refractivity contribution >= 4 is 28.9 Å². The molecule has 0 radical (unpaired) electrons. The molecule has 1 fully saturated rings. The molecule has 6 heteroatoms. The molecule has 2 aliphatic heterocycles. The van der Waals surface area contributed by atoms with E-state index in [1.165, 1.54) is 17.3 Å². The summed E-state index contributed by atoms with van der Waals surface area (Å²) < 4.78 is 0. The zero-order valence-corrected chi connectivity index (χ0v) is 15.2. The number of carbonyl (C=O) groups excluding carboxylic acids is 1. The number of thioether (sulfide) groups is 1. The lowest BCUT2D eigenvalue weighted by Gasteiger charge is -2.35. The highest BCUT2D eigenvalue weighted by atomic mass is 32.2. The Bertz CT molecular complexity index is 827. The number of hydrogen-bond acceptors (Lipinski definition) is 5. The van der Waals surface area contributed by atoms with E-state index >= 15 is 0 Å². The van der Waals surface area contributed by atoms with Gasteiger partial charge in [0.1, 0.15) is 0 Å². The summed E-state index contributed by atoms with van der Waals surface area (Å²) >= 11 is 1.47. The van der Waals surface area contributed by atoms with Gasteiger partial charge in [0.25, 0.3) is 5.91 Å². The van der Waals surface area contributed by atoms with E-state index < -0.39 is 0 Å². The topological polar surface area (TPSA) is 48.8 Å². The number of rotatable bonds is 3. The van der Waals surface area contributed by atoms with Gasteiger partial charge in [0.15, 0.2) is 5.17 Å². The summed E-state index contributed by atoms with van der Waals surface area (Å²) in [5.74, 6) is -0.152. The number of nitrogens with zero attached hydrogens (tertiary/aromatic N) is 4. The minimum absolute atomic E-state index is 0.152. The minimum atomic E-state index is -0.152. The SMILES string of the molecule is O=C1N=C(N2CCN(Cc3ccccc3)CC2)S/C1=C/c1cccnc1. The van der Waals surface area contributed by atoms with E-state index in [2.05, 4.69) is 44.0 Å². The van der Waals surface area contributed by atoms with Crippen LogP contribution in [-0.2, 0) is 11.3 Å². The Balaban J connectivity index is 1.34. The molecule has 132 valence electrons. The van der Waals surface area contributed by atoms with Gasteiger partial charge in [-0.15, -0.1) is 0 Å². The van der Waals surface area contributed by atoms with Gasteiger partial charge >= 0.3 is 0 Å². The summed E-state index contributed by atoms with van der Waals surface area (Å²) in [4.78, 5) is 25.9. The van der Waals surface area contributed by atoms with E-state index in [1.54, 1.807) is 12.4 Å². The largest absolute Gasteiger partial charge is 0.348 e. The first-order valence-corrected chi connectivity index (χ1v) is 9.53. The molecule has 1 aromatic carbocycles. The van der Waals surface area contributed by atoms with Gasteiger partial charge in [0, 0.05) is 45.1 Å². The first-order valence-electron chi connectivity index (χ1n) is 8.72. The molecule has 5 nitrogen and oxygen atoms in total. The molecule has 2 aromatic rings. The molecule has 1 amide bonds. The fourth-order valence-electron chi connectivity index (χ4n) is 3.08. The van der Waals surface area contributed by atoms with Crippen LogP contribution in [0.1, 0.15) is 11.1 Å². The van der Waals surface area contributed by atoms with Crippen LogP contribution in [0.25, 0.3) is 6.08 Å². The predicted octanol–water partition coefficient (Wildman–Crippen LogP) is 2.87. The van der Waals surface area contributed by atoms with Crippen molar-refractivity contribution in [2.75, 3.05) is 26.2 Å². The van der Waals surface area contributed by atoms with Gasteiger partial charge in [0.05, 0.1) is 4.91 Å². The van der Waals surface area contributed by atoms with E-state index in [0.29, 0.717) is 4.91 Å². The maximum atomic E-state index is 12.2. The van der Waals surface area contributed by atoms with E-state index in [4.69, 9.17) is 0 Å². The van der Waals surface area contributed by atoms with Gasteiger partial charge in [-0.05, 0) is 35.0 Å². The summed E-state index contributed by atoms with van der Waals surface area (Å²) in [5.41, 5.74) is 2.26. The van der Waals surface area contributed by atoms with Gasteiger partial charge in [-0.3, -0.25) is 14.7 Å². The maximum Gasteiger partial charge on any atom is 0.286 e. The third kappa shape index (κ3) is 4.03. The smallest absolute Gasteiger partial charge is 0.286 e. The van der Waals surface area contributed by atoms with Crippen molar-refractivity contribution in [3.8, 4) is 0 Å². The third-order valence-corrected chi connectivity index (χ3v) is 5.53. The summed E-state index contributed by atoms with van der Waals surface area (Å²) in [6, 6.07) is 14.3. The number of hydrogen-bond donors (Lipinski definition) is 0. The van der Waals surface area contributed by atoms with Crippen LogP contribution in [0.3, 0.4) is 0 Å². The number of amidine groups is 1. The Hall–Kier alpha value is -2.44. The van der Waals surface area contributed by atoms with Gasteiger partial charge in [-0.1, -0.05) is 36.4 Å². The zero-order chi connectivity index (χ0) is 17.8. The highest BCUT2D eigenvalue weighted by Gasteiger charge is 2.28. The van der Waals surface area contributed by atoms with Gasteiger partial charge in [0.2, 0.25) is 0 Å². The molecule has 0 atom stereocenters. The Kier molecular flexibility index (Phi) is 5.13. The summed E-state index contributed by atoms with van der Waals surface area (Å²) in [5, 5.41) is 0.824. The monoisotopic (exact) mass is 364 g/mol. The zero-order valence-electron chi connectivity index (χ0n) is 14.4. The van der Waals surface area contributed by atoms with E-state index in [1.807, 2.05) is 24.3 Å². The number of benzene rings is 1. The Morgan fingerprint density at radius 1 is 1.04 bits per heavy atom. The lowest BCUT2D eigenvalue weighted by Crippen LogP contribution is -2.47. The third-order valence-electron chi connectivity index (χ3n) is 4.48. The van der Waals surface area contributed by atoms with Crippen LogP contribution in [0.5, 0.6) is 0 Å². The Morgan fingerprint density at radius 2 is 1.85 bits per heavy atom. The van der Waals surface area contributed by atoms with Crippen molar-refractivity contribution < 1.29 is 4.79 Å². The van der Waals surface area contributed by atoms with Crippen molar-refractivity contribution in [1.82, 2.24) is 14.8 Å². The van der Waals surface area contributed by atoms with Crippen LogP contribution in [0.4, 0.5) is 0 Å². The highest BCUT2D eigenvalue weighted by molar-refractivity contribution is 8.18. The summed E-state index contributed by atoms with van der Waals surface area (Å²) in [6.07, 6.45) is 5.34. The van der Waals surface area contributed by atoms with Crippen molar-refractivity contribution in [2.45, 2.75) is 6.54 Å². The van der Waals surface area contributed by atoms with Crippen LogP contribution in [0, 0.1) is 0 Å². The fourth-order valence-corrected chi connectivity index (χ4v) is 4.05. The maximum absolute atomic E-state index is 12.2. The lowest BCUT2D eigenvalue weighted by molar-refractivity contribution is -0.113. The van der Waals surface area contributed by atoms with Gasteiger partial charge < -0.3 is 4.90 Å². The molecular formula is C20H20N4OS. The number of carbonyl (C=O) groups is 1. The normalized spacial score (nSPS) is 19.8. The number of aliphatic imine (C=N–C) groups is 1. The number of pyridine rings is 1. The molecule has 0 unspecified atom stereocenters. The lowest BCUT2D eigenvalue weighted by atomic mass is 10.2. The highest BCUT2D eigenvalue weighted by Crippen LogP contribution is 2.30. The molecule has 0 bridgehead atoms. The van der Waals surface area contributed by atoms with E-state index in [-0.39, 0.29) is 5.91 Å². The van der Waals surface area contributed by atoms with E-state index in [9.17, 15) is 4.79 Å². The van der Waals surface area contributed by atoms with Crippen LogP contribution in [0.2, 0.25) is 0 Å². The summed E-state index contributed by atoms with van der Waals surface area (Å²) in [6.45, 7) is 4.71. The standard InChI is InChI=1S/C20H20N4OS/c25-19-18(13-17-7-4-8-21-14-17)26-20(22-19)24-11-9-23(10-12-24)15-16-5-2-1-3-6-16/h1-8,13-14H,9-12,15H2/b18-13+. The molecule has 1 saturated heterocycles. The molecule has 26 heavy (non-hydrogen) atoms. The second-order valence-electron chi connectivity index (χ2n) is 6.35. The average molecular weight is 364 g/mol. The second-order valence-corrected chi connectivity index (χ2v) is 7.35. The fraction of sp³-hybridized carbons (Fsp3) is 0.250. The van der Waals surface area contributed by atoms with Crippen molar-refractivity contribution in [2.24, 2.45) is 4.99 Å². The first-order chi connectivity index (χ1) is 12.8. The molecule has 0 aliphatic carbocycles. The molecule has 1 aromatic heterocycles. The number of amides is 1. The first kappa shape index (κ1) is 17.0. The predicted molar refractivity (Wildman–Crippen MR) is 106 cm³/mol. The van der Waals surface area contributed by atoms with Crippen molar-refractivity contribution in [3.63, 3.8) is 0 Å². The van der Waals surface area contributed by atoms with Crippen LogP contribution in [-0.4, -0.2) is 52.0 Å². The van der Waals surface area contributed by atoms with Crippen molar-refractivity contribution in [1.29, 1.82) is 0 Å². The molecular weight excluding hydrogens is 344 g/mol. The van der Waals surface area contributed by atoms with Crippen molar-refractivity contribution in [3.05, 3.63) is 70.9 Å². The van der Waals surface area contributed by atoms with Crippen LogP contribution < -0.4 is 0 Å². The van der Waals surface area contributed by atoms with E-state index in [0.717, 1.165) is 43.5 Å². The molecule has 0 spiro atoms. The Morgan fingerprint density at radius 3 is 2.58 bits per heavy atom. The van der Waals surface area contributed by atoms with Crippen LogP contribution >= 0.6 is 11.8 Å². The van der Waals surface area contributed by atoms with Gasteiger partial charge in [-0.2, -0.15) is 4.99 Å². The Labute approximate surface area is 157 Å². The number of aromatic nitrogens is 1. The molecule has 0 saturated carbocycles.